The molecule has 0 aromatic carbocycles. The monoisotopic (exact) mass is 230 g/mol. The maximum atomic E-state index is 9.33. The van der Waals surface area contributed by atoms with E-state index in [1.54, 1.807) is 0 Å². The molecule has 2 unspecified atom stereocenters. The van der Waals surface area contributed by atoms with Crippen LogP contribution < -0.4 is 5.32 Å². The van der Waals surface area contributed by atoms with Gasteiger partial charge in [0.1, 0.15) is 0 Å². The minimum absolute atomic E-state index is 0.207. The van der Waals surface area contributed by atoms with Gasteiger partial charge in [-0.15, -0.1) is 0 Å². The molecule has 0 saturated carbocycles. The van der Waals surface area contributed by atoms with Crippen LogP contribution in [0.15, 0.2) is 0 Å². The number of nitrogens with one attached hydrogen (secondary N) is 1. The van der Waals surface area contributed by atoms with Crippen LogP contribution in [0.2, 0.25) is 0 Å². The summed E-state index contributed by atoms with van der Waals surface area (Å²) in [5.41, 5.74) is 0. The van der Waals surface area contributed by atoms with Crippen LogP contribution in [-0.4, -0.2) is 62.0 Å². The number of hydrogen-bond acceptors (Lipinski definition) is 4. The Kier molecular flexibility index (Phi) is 6.96. The molecule has 1 rings (SSSR count). The van der Waals surface area contributed by atoms with Crippen molar-refractivity contribution in [1.29, 1.82) is 0 Å². The fourth-order valence-electron chi connectivity index (χ4n) is 2.20. The molecule has 0 aliphatic carbocycles. The summed E-state index contributed by atoms with van der Waals surface area (Å²) >= 11 is 0. The first-order valence-corrected chi connectivity index (χ1v) is 6.46. The lowest BCUT2D eigenvalue weighted by atomic mass is 10.00. The van der Waals surface area contributed by atoms with Crippen LogP contribution in [0.4, 0.5) is 0 Å². The molecule has 1 fully saturated rings. The number of aliphatic hydroxyl groups excluding tert-OH is 1. The highest BCUT2D eigenvalue weighted by atomic mass is 16.5. The van der Waals surface area contributed by atoms with Gasteiger partial charge in [-0.1, -0.05) is 13.8 Å². The summed E-state index contributed by atoms with van der Waals surface area (Å²) < 4.78 is 5.35. The van der Waals surface area contributed by atoms with E-state index in [0.29, 0.717) is 5.92 Å². The molecule has 2 N–H and O–H groups in total. The molecule has 1 aliphatic heterocycles. The van der Waals surface area contributed by atoms with Crippen molar-refractivity contribution in [1.82, 2.24) is 10.2 Å². The molecule has 1 saturated heterocycles. The average Bonchev–Trinajstić information content (AvgIpc) is 2.83. The van der Waals surface area contributed by atoms with E-state index in [1.807, 2.05) is 0 Å². The summed E-state index contributed by atoms with van der Waals surface area (Å²) in [5.74, 6) is 0.488. The van der Waals surface area contributed by atoms with Crippen LogP contribution in [-0.2, 0) is 4.74 Å². The summed E-state index contributed by atoms with van der Waals surface area (Å²) in [6.45, 7) is 10.4. The third-order valence-corrected chi connectivity index (χ3v) is 3.46. The highest BCUT2D eigenvalue weighted by molar-refractivity contribution is 4.79. The standard InChI is InChI=1S/C12H26N2O2/c1-3-14(4-2)7-6-13-12(9-15)11-5-8-16-10-11/h11-13,15H,3-10H2,1-2H3. The summed E-state index contributed by atoms with van der Waals surface area (Å²) in [4.78, 5) is 2.38. The van der Waals surface area contributed by atoms with E-state index in [4.69, 9.17) is 4.74 Å². The predicted octanol–water partition coefficient (Wildman–Crippen LogP) is 0.315. The van der Waals surface area contributed by atoms with E-state index in [-0.39, 0.29) is 12.6 Å². The van der Waals surface area contributed by atoms with Crippen LogP contribution >= 0.6 is 0 Å². The summed E-state index contributed by atoms with van der Waals surface area (Å²) in [6, 6.07) is 0.207. The van der Waals surface area contributed by atoms with E-state index < -0.39 is 0 Å². The molecule has 0 aromatic rings. The van der Waals surface area contributed by atoms with Gasteiger partial charge in [0.15, 0.2) is 0 Å². The van der Waals surface area contributed by atoms with Crippen LogP contribution in [0.5, 0.6) is 0 Å². The van der Waals surface area contributed by atoms with Crippen LogP contribution in [0.3, 0.4) is 0 Å². The van der Waals surface area contributed by atoms with Gasteiger partial charge in [-0.3, -0.25) is 0 Å². The SMILES string of the molecule is CCN(CC)CCNC(CO)C1CCOC1. The van der Waals surface area contributed by atoms with Crippen LogP contribution in [0, 0.1) is 5.92 Å². The normalized spacial score (nSPS) is 22.9. The second-order valence-electron chi connectivity index (χ2n) is 4.39. The Morgan fingerprint density at radius 3 is 2.69 bits per heavy atom. The van der Waals surface area contributed by atoms with E-state index >= 15 is 0 Å². The summed E-state index contributed by atoms with van der Waals surface area (Å²) in [7, 11) is 0. The largest absolute Gasteiger partial charge is 0.395 e. The van der Waals surface area contributed by atoms with E-state index in [0.717, 1.165) is 45.8 Å². The molecular formula is C12H26N2O2. The van der Waals surface area contributed by atoms with Gasteiger partial charge in [-0.05, 0) is 19.5 Å². The lowest BCUT2D eigenvalue weighted by molar-refractivity contribution is 0.152. The zero-order valence-electron chi connectivity index (χ0n) is 10.6. The van der Waals surface area contributed by atoms with E-state index in [9.17, 15) is 5.11 Å². The molecule has 4 heteroatoms. The number of rotatable bonds is 8. The van der Waals surface area contributed by atoms with Crippen LogP contribution in [0.1, 0.15) is 20.3 Å². The molecular weight excluding hydrogens is 204 g/mol. The molecule has 1 aliphatic rings. The van der Waals surface area contributed by atoms with Gasteiger partial charge < -0.3 is 20.1 Å². The average molecular weight is 230 g/mol. The fraction of sp³-hybridized carbons (Fsp3) is 1.00. The number of aliphatic hydroxyl groups is 1. The Hall–Kier alpha value is -0.160. The Labute approximate surface area is 99.0 Å². The van der Waals surface area contributed by atoms with Gasteiger partial charge in [0.2, 0.25) is 0 Å². The molecule has 0 spiro atoms. The molecule has 4 nitrogen and oxygen atoms in total. The van der Waals surface area contributed by atoms with E-state index in [1.165, 1.54) is 0 Å². The summed E-state index contributed by atoms with van der Waals surface area (Å²) in [5, 5.41) is 12.8. The number of hydrogen-bond donors (Lipinski definition) is 2. The van der Waals surface area contributed by atoms with Crippen molar-refractivity contribution in [2.24, 2.45) is 5.92 Å². The Morgan fingerprint density at radius 2 is 2.19 bits per heavy atom. The second kappa shape index (κ2) is 8.01. The second-order valence-corrected chi connectivity index (χ2v) is 4.39. The molecule has 1 heterocycles. The lowest BCUT2D eigenvalue weighted by Gasteiger charge is -2.24. The minimum Gasteiger partial charge on any atom is -0.395 e. The van der Waals surface area contributed by atoms with Crippen molar-refractivity contribution in [2.75, 3.05) is 46.0 Å². The van der Waals surface area contributed by atoms with Crippen molar-refractivity contribution >= 4 is 0 Å². The number of ether oxygens (including phenoxy) is 1. The highest BCUT2D eigenvalue weighted by Gasteiger charge is 2.24. The highest BCUT2D eigenvalue weighted by Crippen LogP contribution is 2.16. The molecule has 16 heavy (non-hydrogen) atoms. The third kappa shape index (κ3) is 4.37. The predicted molar refractivity (Wildman–Crippen MR) is 65.6 cm³/mol. The first kappa shape index (κ1) is 13.9. The van der Waals surface area contributed by atoms with Crippen molar-refractivity contribution in [3.05, 3.63) is 0 Å². The zero-order valence-corrected chi connectivity index (χ0v) is 10.6. The number of nitrogens with zero attached hydrogens (tertiary/aromatic N) is 1. The first-order valence-electron chi connectivity index (χ1n) is 6.46. The first-order chi connectivity index (χ1) is 7.81. The van der Waals surface area contributed by atoms with Gasteiger partial charge in [0.25, 0.3) is 0 Å². The van der Waals surface area contributed by atoms with Crippen molar-refractivity contribution in [3.8, 4) is 0 Å². The Morgan fingerprint density at radius 1 is 1.44 bits per heavy atom. The molecule has 0 radical (unpaired) electrons. The van der Waals surface area contributed by atoms with Gasteiger partial charge in [-0.25, -0.2) is 0 Å². The van der Waals surface area contributed by atoms with Crippen molar-refractivity contribution < 1.29 is 9.84 Å². The van der Waals surface area contributed by atoms with Crippen LogP contribution in [0.25, 0.3) is 0 Å². The number of likely N-dealkylation sites (N-methyl/N-ethyl adjacent to an activating group) is 1. The smallest absolute Gasteiger partial charge is 0.0588 e. The van der Waals surface area contributed by atoms with Gasteiger partial charge in [0.05, 0.1) is 13.2 Å². The Balaban J connectivity index is 2.17. The van der Waals surface area contributed by atoms with Crippen molar-refractivity contribution in [3.63, 3.8) is 0 Å². The van der Waals surface area contributed by atoms with Gasteiger partial charge in [0, 0.05) is 31.7 Å². The maximum Gasteiger partial charge on any atom is 0.0588 e. The van der Waals surface area contributed by atoms with Gasteiger partial charge >= 0.3 is 0 Å². The molecule has 0 aromatic heterocycles. The molecule has 2 atom stereocenters. The van der Waals surface area contributed by atoms with Crippen molar-refractivity contribution in [2.45, 2.75) is 26.3 Å². The molecule has 96 valence electrons. The third-order valence-electron chi connectivity index (χ3n) is 3.46. The minimum atomic E-state index is 0.207. The topological polar surface area (TPSA) is 44.7 Å². The van der Waals surface area contributed by atoms with E-state index in [2.05, 4.69) is 24.1 Å². The fourth-order valence-corrected chi connectivity index (χ4v) is 2.20. The molecule has 0 amide bonds. The summed E-state index contributed by atoms with van der Waals surface area (Å²) in [6.07, 6.45) is 1.07. The maximum absolute atomic E-state index is 9.33. The molecule has 0 bridgehead atoms. The Bertz CT molecular complexity index is 168. The lowest BCUT2D eigenvalue weighted by Crippen LogP contribution is -2.43. The zero-order chi connectivity index (χ0) is 11.8. The van der Waals surface area contributed by atoms with Gasteiger partial charge in [-0.2, -0.15) is 0 Å². The quantitative estimate of drug-likeness (QED) is 0.630.